The number of methoxy groups -OCH3 is 1. The molecule has 0 radical (unpaired) electrons. The zero-order valence-corrected chi connectivity index (χ0v) is 15.7. The van der Waals surface area contributed by atoms with E-state index in [1.807, 2.05) is 24.3 Å². The molecule has 0 bridgehead atoms. The Morgan fingerprint density at radius 1 is 1.28 bits per heavy atom. The van der Waals surface area contributed by atoms with Crippen molar-refractivity contribution in [3.63, 3.8) is 0 Å². The van der Waals surface area contributed by atoms with Gasteiger partial charge in [-0.05, 0) is 24.1 Å². The molecule has 0 unspecified atom stereocenters. The normalized spacial score (nSPS) is 20.6. The first-order valence-corrected chi connectivity index (χ1v) is 9.83. The van der Waals surface area contributed by atoms with E-state index in [1.54, 1.807) is 7.11 Å². The van der Waals surface area contributed by atoms with Gasteiger partial charge in [-0.2, -0.15) is 0 Å². The van der Waals surface area contributed by atoms with Crippen LogP contribution >= 0.6 is 0 Å². The summed E-state index contributed by atoms with van der Waals surface area (Å²) < 4.78 is 35.7. The molecule has 1 amide bonds. The molecule has 1 saturated heterocycles. The first kappa shape index (κ1) is 19.7. The first-order chi connectivity index (χ1) is 11.8. The van der Waals surface area contributed by atoms with Crippen molar-refractivity contribution in [3.05, 3.63) is 29.8 Å². The highest BCUT2D eigenvalue weighted by atomic mass is 32.2. The van der Waals surface area contributed by atoms with Crippen LogP contribution in [-0.4, -0.2) is 64.8 Å². The van der Waals surface area contributed by atoms with Crippen LogP contribution in [0, 0.1) is 5.92 Å². The summed E-state index contributed by atoms with van der Waals surface area (Å²) in [7, 11) is 1.30. The monoisotopic (exact) mass is 370 g/mol. The molecule has 1 aliphatic heterocycles. The molecular formula is C17H26N2O5S. The molecule has 0 saturated carbocycles. The molecule has 0 spiro atoms. The van der Waals surface area contributed by atoms with Gasteiger partial charge in [0.1, 0.15) is 5.75 Å². The van der Waals surface area contributed by atoms with E-state index in [9.17, 15) is 13.2 Å². The predicted octanol–water partition coefficient (Wildman–Crippen LogP) is 0.650. The molecule has 140 valence electrons. The summed E-state index contributed by atoms with van der Waals surface area (Å²) in [6, 6.07) is 7.31. The molecule has 1 aromatic rings. The van der Waals surface area contributed by atoms with Crippen LogP contribution in [0.25, 0.3) is 0 Å². The fourth-order valence-corrected chi connectivity index (χ4v) is 3.84. The second-order valence-electron chi connectivity index (χ2n) is 6.38. The minimum absolute atomic E-state index is 0.0244. The molecular weight excluding hydrogens is 344 g/mol. The fraction of sp³-hybridized carbons (Fsp3) is 0.588. The van der Waals surface area contributed by atoms with Crippen LogP contribution < -0.4 is 10.1 Å². The Kier molecular flexibility index (Phi) is 6.80. The predicted molar refractivity (Wildman–Crippen MR) is 95.0 cm³/mol. The minimum Gasteiger partial charge on any atom is -0.497 e. The molecule has 2 rings (SSSR count). The fourth-order valence-electron chi connectivity index (χ4n) is 2.67. The quantitative estimate of drug-likeness (QED) is 0.726. The van der Waals surface area contributed by atoms with Crippen LogP contribution in [0.2, 0.25) is 0 Å². The Balaban J connectivity index is 1.84. The lowest BCUT2D eigenvalue weighted by Gasteiger charge is -2.21. The average molecular weight is 370 g/mol. The molecule has 0 aliphatic carbocycles. The maximum absolute atomic E-state index is 12.2. The van der Waals surface area contributed by atoms with Crippen LogP contribution in [0.5, 0.6) is 5.75 Å². The summed E-state index contributed by atoms with van der Waals surface area (Å²) in [6.45, 7) is 0.693. The van der Waals surface area contributed by atoms with Crippen molar-refractivity contribution in [2.75, 3.05) is 40.2 Å². The highest BCUT2D eigenvalue weighted by molar-refractivity contribution is 7.89. The Labute approximate surface area is 149 Å². The second kappa shape index (κ2) is 8.64. The highest BCUT2D eigenvalue weighted by Crippen LogP contribution is 2.18. The molecule has 25 heavy (non-hydrogen) atoms. The van der Waals surface area contributed by atoms with Gasteiger partial charge in [-0.15, -0.1) is 0 Å². The van der Waals surface area contributed by atoms with Gasteiger partial charge in [0, 0.05) is 26.4 Å². The Hall–Kier alpha value is -1.64. The smallest absolute Gasteiger partial charge is 0.220 e. The lowest BCUT2D eigenvalue weighted by atomic mass is 10.1. The van der Waals surface area contributed by atoms with Gasteiger partial charge in [-0.3, -0.25) is 4.79 Å². The molecule has 7 nitrogen and oxygen atoms in total. The third-order valence-corrected chi connectivity index (χ3v) is 6.29. The van der Waals surface area contributed by atoms with Crippen molar-refractivity contribution >= 4 is 15.9 Å². The number of aryl methyl sites for hydroxylation is 1. The van der Waals surface area contributed by atoms with Crippen LogP contribution in [0.4, 0.5) is 0 Å². The SMILES string of the molecule is COc1ccc(CCC(=O)N[C@@H]2COC[C@H]2CS(=O)(=O)N(C)C)cc1. The Bertz CT molecular complexity index is 673. The number of ether oxygens (including phenoxy) is 2. The molecule has 0 aromatic heterocycles. The third kappa shape index (κ3) is 5.69. The number of nitrogens with zero attached hydrogens (tertiary/aromatic N) is 1. The Morgan fingerprint density at radius 3 is 2.56 bits per heavy atom. The largest absolute Gasteiger partial charge is 0.497 e. The van der Waals surface area contributed by atoms with Gasteiger partial charge in [0.25, 0.3) is 0 Å². The van der Waals surface area contributed by atoms with E-state index in [2.05, 4.69) is 5.32 Å². The molecule has 1 aliphatic rings. The van der Waals surface area contributed by atoms with Crippen LogP contribution in [0.3, 0.4) is 0 Å². The van der Waals surface area contributed by atoms with E-state index < -0.39 is 10.0 Å². The standard InChI is InChI=1S/C17H26N2O5S/c1-19(2)25(21,22)12-14-10-24-11-16(14)18-17(20)9-6-13-4-7-15(23-3)8-5-13/h4-5,7-8,14,16H,6,9-12H2,1-3H3,(H,18,20)/t14-,16+/m0/s1. The van der Waals surface area contributed by atoms with E-state index >= 15 is 0 Å². The number of carbonyl (C=O) groups excluding carboxylic acids is 1. The van der Waals surface area contributed by atoms with Gasteiger partial charge >= 0.3 is 0 Å². The molecule has 1 aromatic carbocycles. The summed E-state index contributed by atoms with van der Waals surface area (Å²) in [5.41, 5.74) is 1.05. The van der Waals surface area contributed by atoms with Crippen molar-refractivity contribution in [2.45, 2.75) is 18.9 Å². The van der Waals surface area contributed by atoms with Crippen molar-refractivity contribution < 1.29 is 22.7 Å². The van der Waals surface area contributed by atoms with E-state index in [1.165, 1.54) is 18.4 Å². The summed E-state index contributed by atoms with van der Waals surface area (Å²) in [5.74, 6) is 0.431. The summed E-state index contributed by atoms with van der Waals surface area (Å²) in [6.07, 6.45) is 0.958. The van der Waals surface area contributed by atoms with E-state index in [0.717, 1.165) is 11.3 Å². The van der Waals surface area contributed by atoms with Gasteiger partial charge < -0.3 is 14.8 Å². The van der Waals surface area contributed by atoms with Crippen molar-refractivity contribution in [1.29, 1.82) is 0 Å². The lowest BCUT2D eigenvalue weighted by molar-refractivity contribution is -0.121. The van der Waals surface area contributed by atoms with Gasteiger partial charge in [-0.25, -0.2) is 12.7 Å². The van der Waals surface area contributed by atoms with Gasteiger partial charge in [0.2, 0.25) is 15.9 Å². The number of benzene rings is 1. The number of amides is 1. The molecule has 1 heterocycles. The number of nitrogens with one attached hydrogen (secondary N) is 1. The Morgan fingerprint density at radius 2 is 1.96 bits per heavy atom. The van der Waals surface area contributed by atoms with E-state index in [-0.39, 0.29) is 23.6 Å². The number of carbonyl (C=O) groups is 1. The molecule has 1 fully saturated rings. The number of rotatable bonds is 8. The molecule has 2 atom stereocenters. The van der Waals surface area contributed by atoms with Crippen molar-refractivity contribution in [1.82, 2.24) is 9.62 Å². The topological polar surface area (TPSA) is 84.9 Å². The van der Waals surface area contributed by atoms with E-state index in [0.29, 0.717) is 26.1 Å². The number of sulfonamides is 1. The maximum atomic E-state index is 12.2. The zero-order chi connectivity index (χ0) is 18.4. The number of hydrogen-bond acceptors (Lipinski definition) is 5. The maximum Gasteiger partial charge on any atom is 0.220 e. The third-order valence-electron chi connectivity index (χ3n) is 4.33. The highest BCUT2D eigenvalue weighted by Gasteiger charge is 2.33. The van der Waals surface area contributed by atoms with Gasteiger partial charge in [-0.1, -0.05) is 12.1 Å². The first-order valence-electron chi connectivity index (χ1n) is 8.22. The summed E-state index contributed by atoms with van der Waals surface area (Å²) >= 11 is 0. The zero-order valence-electron chi connectivity index (χ0n) is 14.9. The average Bonchev–Trinajstić information content (AvgIpc) is 2.99. The van der Waals surface area contributed by atoms with Crippen molar-refractivity contribution in [3.8, 4) is 5.75 Å². The molecule has 8 heteroatoms. The van der Waals surface area contributed by atoms with Crippen LogP contribution in [0.15, 0.2) is 24.3 Å². The number of hydrogen-bond donors (Lipinski definition) is 1. The summed E-state index contributed by atoms with van der Waals surface area (Å²) in [4.78, 5) is 12.2. The van der Waals surface area contributed by atoms with Gasteiger partial charge in [0.15, 0.2) is 0 Å². The van der Waals surface area contributed by atoms with Crippen LogP contribution in [-0.2, 0) is 26.0 Å². The molecule has 1 N–H and O–H groups in total. The minimum atomic E-state index is -3.32. The van der Waals surface area contributed by atoms with Crippen molar-refractivity contribution in [2.24, 2.45) is 5.92 Å². The second-order valence-corrected chi connectivity index (χ2v) is 8.61. The van der Waals surface area contributed by atoms with Gasteiger partial charge in [0.05, 0.1) is 32.1 Å². The van der Waals surface area contributed by atoms with Crippen LogP contribution in [0.1, 0.15) is 12.0 Å². The van der Waals surface area contributed by atoms with E-state index in [4.69, 9.17) is 9.47 Å². The summed E-state index contributed by atoms with van der Waals surface area (Å²) in [5, 5.41) is 2.91. The lowest BCUT2D eigenvalue weighted by Crippen LogP contribution is -2.43.